The molecule has 0 amide bonds. The van der Waals surface area contributed by atoms with Gasteiger partial charge in [0.15, 0.2) is 11.3 Å². The lowest BCUT2D eigenvalue weighted by Crippen LogP contribution is -2.07. The van der Waals surface area contributed by atoms with Crippen LogP contribution in [0.15, 0.2) is 61.5 Å². The fourth-order valence-corrected chi connectivity index (χ4v) is 8.57. The molecule has 10 rings (SSSR count). The number of benzene rings is 2. The number of rotatable bonds is 8. The molecule has 6 aromatic rings. The Kier molecular flexibility index (Phi) is 19.2. The molecule has 374 valence electrons. The monoisotopic (exact) mass is 975 g/mol. The quantitative estimate of drug-likeness (QED) is 0.0614. The van der Waals surface area contributed by atoms with Gasteiger partial charge in [-0.25, -0.2) is 18.7 Å². The number of nitrogens with zero attached hydrogens (tertiary/aromatic N) is 8. The van der Waals surface area contributed by atoms with Gasteiger partial charge in [-0.3, -0.25) is 23.2 Å². The molecule has 0 fully saturated rings. The van der Waals surface area contributed by atoms with E-state index in [1.165, 1.54) is 62.8 Å². The van der Waals surface area contributed by atoms with E-state index in [0.29, 0.717) is 45.8 Å². The maximum Gasteiger partial charge on any atom is 0.446 e. The summed E-state index contributed by atoms with van der Waals surface area (Å²) in [5.74, 6) is 1.88. The van der Waals surface area contributed by atoms with Gasteiger partial charge in [0, 0.05) is 75.5 Å². The summed E-state index contributed by atoms with van der Waals surface area (Å²) < 4.78 is 85.3. The highest BCUT2D eigenvalue weighted by atomic mass is 19.4. The number of hydrogen-bond donors (Lipinski definition) is 0. The van der Waals surface area contributed by atoms with Gasteiger partial charge in [-0.15, -0.1) is 20.4 Å². The summed E-state index contributed by atoms with van der Waals surface area (Å²) >= 11 is 0. The van der Waals surface area contributed by atoms with Crippen molar-refractivity contribution in [2.24, 2.45) is 0 Å². The zero-order valence-corrected chi connectivity index (χ0v) is 38.8. The number of esters is 2. The average Bonchev–Trinajstić information content (AvgIpc) is 4.20. The van der Waals surface area contributed by atoms with Crippen molar-refractivity contribution in [1.82, 2.24) is 39.2 Å². The molecule has 0 N–H and O–H groups in total. The summed E-state index contributed by atoms with van der Waals surface area (Å²) in [6.07, 6.45) is 19.3. The zero-order chi connectivity index (χ0) is 50.2. The predicted molar refractivity (Wildman–Crippen MR) is 253 cm³/mol. The first kappa shape index (κ1) is 52.5. The van der Waals surface area contributed by atoms with Gasteiger partial charge in [0.1, 0.15) is 47.4 Å². The lowest BCUT2D eigenvalue weighted by atomic mass is 9.95. The van der Waals surface area contributed by atoms with Crippen molar-refractivity contribution >= 4 is 40.7 Å². The maximum absolute atomic E-state index is 14.4. The van der Waals surface area contributed by atoms with Gasteiger partial charge < -0.3 is 14.2 Å². The smallest absolute Gasteiger partial charge is 0.446 e. The van der Waals surface area contributed by atoms with Crippen LogP contribution in [0.3, 0.4) is 0 Å². The highest BCUT2D eigenvalue weighted by molar-refractivity contribution is 5.82. The second kappa shape index (κ2) is 25.6. The summed E-state index contributed by atoms with van der Waals surface area (Å²) in [4.78, 5) is 37.7. The molecule has 6 heterocycles. The Hall–Kier alpha value is -6.92. The van der Waals surface area contributed by atoms with Crippen LogP contribution >= 0.6 is 0 Å². The Morgan fingerprint density at radius 1 is 0.714 bits per heavy atom. The molecule has 70 heavy (non-hydrogen) atoms. The predicted octanol–water partition coefficient (Wildman–Crippen LogP) is 10.4. The number of carbonyl (C=O) groups is 3. The van der Waals surface area contributed by atoms with E-state index < -0.39 is 24.4 Å². The Morgan fingerprint density at radius 2 is 1.13 bits per heavy atom. The number of fused-ring (bicyclic) bond motifs is 4. The average molecular weight is 976 g/mol. The van der Waals surface area contributed by atoms with Crippen molar-refractivity contribution in [3.63, 3.8) is 0 Å². The second-order valence-corrected chi connectivity index (χ2v) is 16.1. The Balaban J connectivity index is 0.000000201. The van der Waals surface area contributed by atoms with Crippen LogP contribution in [0.1, 0.15) is 133 Å². The zero-order valence-electron chi connectivity index (χ0n) is 39.8. The summed E-state index contributed by atoms with van der Waals surface area (Å²) in [6, 6.07) is 6.45. The minimum atomic E-state index is -4.64. The molecule has 0 saturated carbocycles. The Morgan fingerprint density at radius 3 is 1.47 bits per heavy atom. The molecule has 2 aromatic carbocycles. The highest BCUT2D eigenvalue weighted by Gasteiger charge is 2.25. The van der Waals surface area contributed by atoms with E-state index in [1.807, 2.05) is 21.2 Å². The van der Waals surface area contributed by atoms with Crippen LogP contribution < -0.4 is 9.47 Å². The number of allylic oxidation sites excluding steroid dienone is 4. The molecular formula is C51H59F5N8O6. The standard InChI is InChI=1S/2C21H21FN4O.C4H6O3.C2HF3O.C2H6.CH4/c2*22-18-7-8-19-16(10-11-27-19)15(18)6-9-20-23-12-17(14-4-2-1-3-5-14)21-25-24-13-26(20)21;1-3(5)7-4(2)6;3-2(4,5)1-6;1-2;/h2*4,7-8,12-13H,1-3,5-6,9-11H2;1-2H3;1H;1-2H3;1H4/i;;;;1D;. The lowest BCUT2D eigenvalue weighted by molar-refractivity contribution is -0.156. The molecule has 0 saturated heterocycles. The molecule has 19 heteroatoms. The highest BCUT2D eigenvalue weighted by Crippen LogP contribution is 2.34. The second-order valence-electron chi connectivity index (χ2n) is 16.1. The first-order valence-corrected chi connectivity index (χ1v) is 22.8. The van der Waals surface area contributed by atoms with Gasteiger partial charge in [0.2, 0.25) is 6.29 Å². The van der Waals surface area contributed by atoms with Crippen LogP contribution in [0, 0.1) is 11.6 Å². The SMILES string of the molecule is C.CC(=O)OC(C)=O.Fc1ccc2c(c1CCc1ncc(C3=CCCCC3)c3nncn13)CCO2.Fc1ccc2c(c1CCc1ncc(C3=CCCCC3)c3nncn13)CCO2.O=CC(F)(F)F.[2H]CC. The van der Waals surface area contributed by atoms with Gasteiger partial charge >= 0.3 is 18.1 Å². The van der Waals surface area contributed by atoms with E-state index in [9.17, 15) is 31.5 Å². The van der Waals surface area contributed by atoms with E-state index in [-0.39, 0.29) is 19.1 Å². The number of aldehydes is 1. The van der Waals surface area contributed by atoms with Gasteiger partial charge in [-0.2, -0.15) is 13.2 Å². The van der Waals surface area contributed by atoms with Gasteiger partial charge in [0.05, 0.1) is 13.2 Å². The number of hydrogen-bond acceptors (Lipinski definition) is 12. The molecule has 4 aliphatic rings. The van der Waals surface area contributed by atoms with Gasteiger partial charge in [-0.1, -0.05) is 33.4 Å². The maximum atomic E-state index is 14.4. The molecule has 0 radical (unpaired) electrons. The van der Waals surface area contributed by atoms with Crippen LogP contribution in [0.2, 0.25) is 0 Å². The lowest BCUT2D eigenvalue weighted by Gasteiger charge is -2.14. The first-order chi connectivity index (χ1) is 33.7. The Bertz CT molecular complexity index is 2670. The van der Waals surface area contributed by atoms with Crippen LogP contribution in [-0.2, 0) is 57.6 Å². The van der Waals surface area contributed by atoms with E-state index in [4.69, 9.17) is 15.6 Å². The van der Waals surface area contributed by atoms with Crippen molar-refractivity contribution in [3.05, 3.63) is 118 Å². The van der Waals surface area contributed by atoms with Crippen molar-refractivity contribution < 1.29 is 51.9 Å². The summed E-state index contributed by atoms with van der Waals surface area (Å²) in [5, 5.41) is 16.8. The normalized spacial score (nSPS) is 14.5. The summed E-state index contributed by atoms with van der Waals surface area (Å²) in [6.45, 7) is 5.91. The number of aromatic nitrogens is 8. The molecule has 2 aliphatic heterocycles. The number of ether oxygens (including phenoxy) is 3. The van der Waals surface area contributed by atoms with Crippen LogP contribution in [-0.4, -0.2) is 76.8 Å². The molecule has 2 aliphatic carbocycles. The van der Waals surface area contributed by atoms with E-state index in [0.717, 1.165) is 106 Å². The number of halogens is 5. The molecule has 0 unspecified atom stereocenters. The third-order valence-corrected chi connectivity index (χ3v) is 11.6. The number of aryl methyl sites for hydroxylation is 2. The largest absolute Gasteiger partial charge is 0.493 e. The minimum Gasteiger partial charge on any atom is -0.493 e. The van der Waals surface area contributed by atoms with Crippen LogP contribution in [0.4, 0.5) is 22.0 Å². The van der Waals surface area contributed by atoms with Crippen molar-refractivity contribution in [2.75, 3.05) is 13.2 Å². The summed E-state index contributed by atoms with van der Waals surface area (Å²) in [7, 11) is 0. The minimum absolute atomic E-state index is 0. The van der Waals surface area contributed by atoms with Crippen molar-refractivity contribution in [3.8, 4) is 11.5 Å². The molecule has 14 nitrogen and oxygen atoms in total. The molecular weight excluding hydrogens is 916 g/mol. The molecule has 0 spiro atoms. The Labute approximate surface area is 404 Å². The van der Waals surface area contributed by atoms with E-state index >= 15 is 0 Å². The van der Waals surface area contributed by atoms with Gasteiger partial charge in [0.25, 0.3) is 0 Å². The van der Waals surface area contributed by atoms with Gasteiger partial charge in [-0.05, 0) is 111 Å². The topological polar surface area (TPSA) is 165 Å². The van der Waals surface area contributed by atoms with E-state index in [1.54, 1.807) is 31.7 Å². The number of carbonyl (C=O) groups excluding carboxylic acids is 3. The summed E-state index contributed by atoms with van der Waals surface area (Å²) in [5.41, 5.74) is 9.92. The van der Waals surface area contributed by atoms with E-state index in [2.05, 4.69) is 47.3 Å². The fraction of sp³-hybridized carbons (Fsp3) is 0.431. The van der Waals surface area contributed by atoms with Crippen molar-refractivity contribution in [2.45, 2.75) is 131 Å². The molecule has 4 aromatic heterocycles. The first-order valence-electron chi connectivity index (χ1n) is 23.5. The van der Waals surface area contributed by atoms with Crippen LogP contribution in [0.5, 0.6) is 11.5 Å². The molecule has 0 bridgehead atoms. The van der Waals surface area contributed by atoms with Crippen LogP contribution in [0.25, 0.3) is 22.4 Å². The number of alkyl halides is 3. The van der Waals surface area contributed by atoms with Crippen molar-refractivity contribution in [1.29, 1.82) is 0 Å². The molecule has 0 atom stereocenters. The third kappa shape index (κ3) is 13.9. The third-order valence-electron chi connectivity index (χ3n) is 11.6. The fourth-order valence-electron chi connectivity index (χ4n) is 8.57.